The molecule has 0 saturated carbocycles. The summed E-state index contributed by atoms with van der Waals surface area (Å²) in [7, 11) is 0. The first-order valence-corrected chi connectivity index (χ1v) is 8.11. The highest BCUT2D eigenvalue weighted by Gasteiger charge is 2.22. The highest BCUT2D eigenvalue weighted by atomic mass is 35.5. The number of hydrogen-bond donors (Lipinski definition) is 2. The Morgan fingerprint density at radius 3 is 2.62 bits per heavy atom. The third kappa shape index (κ3) is 3.68. The normalized spacial score (nSPS) is 12.7. The van der Waals surface area contributed by atoms with Gasteiger partial charge in [-0.1, -0.05) is 29.8 Å². The number of amides is 3. The van der Waals surface area contributed by atoms with Crippen LogP contribution in [0.3, 0.4) is 0 Å². The molecule has 3 amide bonds. The molecule has 5 nitrogen and oxygen atoms in total. The minimum atomic E-state index is -0.294. The van der Waals surface area contributed by atoms with Crippen LogP contribution in [0.2, 0.25) is 5.02 Å². The molecule has 2 aromatic rings. The summed E-state index contributed by atoms with van der Waals surface area (Å²) in [5.41, 5.74) is 3.62. The second-order valence-corrected chi connectivity index (χ2v) is 6.13. The number of urea groups is 1. The largest absolute Gasteiger partial charge is 0.334 e. The number of nitrogens with zero attached hydrogens (tertiary/aromatic N) is 1. The summed E-state index contributed by atoms with van der Waals surface area (Å²) in [6.45, 7) is 2.65. The van der Waals surface area contributed by atoms with Crippen LogP contribution in [0.1, 0.15) is 18.1 Å². The summed E-state index contributed by atoms with van der Waals surface area (Å²) in [5.74, 6) is 0.0121. The minimum absolute atomic E-state index is 0.0121. The molecule has 0 aliphatic carbocycles. The number of carbonyl (C=O) groups is 2. The van der Waals surface area contributed by atoms with E-state index in [9.17, 15) is 9.59 Å². The van der Waals surface area contributed by atoms with Gasteiger partial charge in [-0.25, -0.2) is 4.79 Å². The molecule has 1 heterocycles. The lowest BCUT2D eigenvalue weighted by atomic mass is 10.1. The van der Waals surface area contributed by atoms with E-state index in [-0.39, 0.29) is 11.9 Å². The zero-order valence-electron chi connectivity index (χ0n) is 13.3. The van der Waals surface area contributed by atoms with E-state index in [0.717, 1.165) is 23.2 Å². The van der Waals surface area contributed by atoms with E-state index in [1.807, 2.05) is 30.3 Å². The van der Waals surface area contributed by atoms with Crippen LogP contribution < -0.4 is 15.5 Å². The van der Waals surface area contributed by atoms with Crippen LogP contribution in [0.5, 0.6) is 0 Å². The number of anilines is 2. The van der Waals surface area contributed by atoms with Crippen molar-refractivity contribution in [1.82, 2.24) is 5.32 Å². The quantitative estimate of drug-likeness (QED) is 0.895. The molecule has 0 saturated heterocycles. The van der Waals surface area contributed by atoms with Crippen molar-refractivity contribution in [2.24, 2.45) is 0 Å². The van der Waals surface area contributed by atoms with E-state index in [4.69, 9.17) is 11.6 Å². The summed E-state index contributed by atoms with van der Waals surface area (Å²) in [6, 6.07) is 12.6. The average molecular weight is 344 g/mol. The number of fused-ring (bicyclic) bond motifs is 1. The maximum atomic E-state index is 12.0. The molecule has 1 aliphatic rings. The van der Waals surface area contributed by atoms with E-state index in [0.29, 0.717) is 23.8 Å². The Morgan fingerprint density at radius 1 is 1.17 bits per heavy atom. The zero-order valence-corrected chi connectivity index (χ0v) is 14.1. The summed E-state index contributed by atoms with van der Waals surface area (Å²) in [6.07, 6.45) is 0.845. The Balaban J connectivity index is 1.62. The average Bonchev–Trinajstić information content (AvgIpc) is 2.98. The Labute approximate surface area is 145 Å². The predicted octanol–water partition coefficient (Wildman–Crippen LogP) is 3.57. The standard InChI is InChI=1S/C18H18ClN3O2/c1-12(23)22-9-8-14-4-7-16(10-17(14)22)21-18(24)20-11-13-2-5-15(19)6-3-13/h2-7,10H,8-9,11H2,1H3,(H2,20,21,24). The van der Waals surface area contributed by atoms with Crippen molar-refractivity contribution in [2.45, 2.75) is 19.9 Å². The van der Waals surface area contributed by atoms with Gasteiger partial charge in [0, 0.05) is 36.4 Å². The lowest BCUT2D eigenvalue weighted by Gasteiger charge is -2.16. The Kier molecular flexibility index (Phi) is 4.71. The van der Waals surface area contributed by atoms with Gasteiger partial charge in [-0.2, -0.15) is 0 Å². The summed E-state index contributed by atoms with van der Waals surface area (Å²) in [4.78, 5) is 25.4. The fourth-order valence-corrected chi connectivity index (χ4v) is 2.87. The van der Waals surface area contributed by atoms with Crippen molar-refractivity contribution in [3.05, 3.63) is 58.6 Å². The molecule has 0 unspecified atom stereocenters. The van der Waals surface area contributed by atoms with Crippen molar-refractivity contribution in [3.8, 4) is 0 Å². The molecular weight excluding hydrogens is 326 g/mol. The van der Waals surface area contributed by atoms with E-state index < -0.39 is 0 Å². The molecule has 3 rings (SSSR count). The fourth-order valence-electron chi connectivity index (χ4n) is 2.74. The Hall–Kier alpha value is -2.53. The van der Waals surface area contributed by atoms with Gasteiger partial charge in [-0.15, -0.1) is 0 Å². The second kappa shape index (κ2) is 6.93. The first-order chi connectivity index (χ1) is 11.5. The molecular formula is C18H18ClN3O2. The van der Waals surface area contributed by atoms with Crippen LogP contribution in [-0.2, 0) is 17.8 Å². The monoisotopic (exact) mass is 343 g/mol. The van der Waals surface area contributed by atoms with Gasteiger partial charge in [-0.3, -0.25) is 4.79 Å². The van der Waals surface area contributed by atoms with Crippen LogP contribution in [-0.4, -0.2) is 18.5 Å². The van der Waals surface area contributed by atoms with Gasteiger partial charge in [0.15, 0.2) is 0 Å². The molecule has 0 bridgehead atoms. The van der Waals surface area contributed by atoms with Gasteiger partial charge in [-0.05, 0) is 41.8 Å². The summed E-state index contributed by atoms with van der Waals surface area (Å²) >= 11 is 5.83. The Morgan fingerprint density at radius 2 is 1.92 bits per heavy atom. The number of hydrogen-bond acceptors (Lipinski definition) is 2. The minimum Gasteiger partial charge on any atom is -0.334 e. The molecule has 0 atom stereocenters. The third-order valence-electron chi connectivity index (χ3n) is 3.99. The fraction of sp³-hybridized carbons (Fsp3) is 0.222. The topological polar surface area (TPSA) is 61.4 Å². The summed E-state index contributed by atoms with van der Waals surface area (Å²) < 4.78 is 0. The van der Waals surface area contributed by atoms with E-state index >= 15 is 0 Å². The SMILES string of the molecule is CC(=O)N1CCc2ccc(NC(=O)NCc3ccc(Cl)cc3)cc21. The smallest absolute Gasteiger partial charge is 0.319 e. The maximum absolute atomic E-state index is 12.0. The van der Waals surface area contributed by atoms with E-state index in [2.05, 4.69) is 10.6 Å². The summed E-state index contributed by atoms with van der Waals surface area (Å²) in [5, 5.41) is 6.26. The molecule has 6 heteroatoms. The zero-order chi connectivity index (χ0) is 17.1. The van der Waals surface area contributed by atoms with Crippen molar-refractivity contribution >= 4 is 34.9 Å². The molecule has 124 valence electrons. The first-order valence-electron chi connectivity index (χ1n) is 7.73. The van der Waals surface area contributed by atoms with Gasteiger partial charge >= 0.3 is 6.03 Å². The van der Waals surface area contributed by atoms with E-state index in [1.165, 1.54) is 0 Å². The van der Waals surface area contributed by atoms with Crippen molar-refractivity contribution in [1.29, 1.82) is 0 Å². The van der Waals surface area contributed by atoms with Crippen molar-refractivity contribution in [2.75, 3.05) is 16.8 Å². The Bertz CT molecular complexity index is 774. The van der Waals surface area contributed by atoms with Gasteiger partial charge < -0.3 is 15.5 Å². The highest BCUT2D eigenvalue weighted by molar-refractivity contribution is 6.30. The first kappa shape index (κ1) is 16.3. The van der Waals surface area contributed by atoms with Crippen LogP contribution in [0.15, 0.2) is 42.5 Å². The van der Waals surface area contributed by atoms with Crippen LogP contribution in [0.4, 0.5) is 16.2 Å². The number of halogens is 1. The molecule has 2 aromatic carbocycles. The van der Waals surface area contributed by atoms with Crippen molar-refractivity contribution in [3.63, 3.8) is 0 Å². The molecule has 1 aliphatic heterocycles. The van der Waals surface area contributed by atoms with E-state index in [1.54, 1.807) is 24.0 Å². The maximum Gasteiger partial charge on any atom is 0.319 e. The number of benzene rings is 2. The van der Waals surface area contributed by atoms with Gasteiger partial charge in [0.25, 0.3) is 0 Å². The van der Waals surface area contributed by atoms with Gasteiger partial charge in [0.1, 0.15) is 0 Å². The van der Waals surface area contributed by atoms with Crippen molar-refractivity contribution < 1.29 is 9.59 Å². The number of rotatable bonds is 3. The number of nitrogens with one attached hydrogen (secondary N) is 2. The molecule has 0 aromatic heterocycles. The van der Waals surface area contributed by atoms with Crippen LogP contribution in [0, 0.1) is 0 Å². The highest BCUT2D eigenvalue weighted by Crippen LogP contribution is 2.30. The van der Waals surface area contributed by atoms with Gasteiger partial charge in [0.05, 0.1) is 0 Å². The molecule has 2 N–H and O–H groups in total. The molecule has 0 radical (unpaired) electrons. The molecule has 0 fully saturated rings. The second-order valence-electron chi connectivity index (χ2n) is 5.70. The van der Waals surface area contributed by atoms with Crippen LogP contribution in [0.25, 0.3) is 0 Å². The predicted molar refractivity (Wildman–Crippen MR) is 95.5 cm³/mol. The van der Waals surface area contributed by atoms with Gasteiger partial charge in [0.2, 0.25) is 5.91 Å². The lowest BCUT2D eigenvalue weighted by molar-refractivity contribution is -0.116. The number of carbonyl (C=O) groups excluding carboxylic acids is 2. The third-order valence-corrected chi connectivity index (χ3v) is 4.24. The molecule has 24 heavy (non-hydrogen) atoms. The van der Waals surface area contributed by atoms with Crippen LogP contribution >= 0.6 is 11.6 Å². The lowest BCUT2D eigenvalue weighted by Crippen LogP contribution is -2.28. The molecule has 0 spiro atoms.